The molecule has 0 N–H and O–H groups in total. The van der Waals surface area contributed by atoms with E-state index in [1.807, 2.05) is 93.6 Å². The molecule has 0 unspecified atom stereocenters. The Labute approximate surface area is 175 Å². The standard InChI is InChI=1S/C25H30O3P/c1-19(2)18-29(26-23-15-9-6-12-20(23)3,27-24-16-10-7-13-21(24)4)28-25-17-11-8-14-22(25)5/h6-17,19H,18H2,1-5H3/q+1. The number of hydrogen-bond donors (Lipinski definition) is 0. The van der Waals surface area contributed by atoms with E-state index in [1.165, 1.54) is 0 Å². The molecular weight excluding hydrogens is 379 g/mol. The molecule has 3 aromatic carbocycles. The Kier molecular flexibility index (Phi) is 6.82. The van der Waals surface area contributed by atoms with Crippen molar-refractivity contribution in [2.45, 2.75) is 34.6 Å². The Balaban J connectivity index is 2.08. The van der Waals surface area contributed by atoms with Gasteiger partial charge in [-0.2, -0.15) is 0 Å². The fourth-order valence-corrected chi connectivity index (χ4v) is 5.78. The predicted octanol–water partition coefficient (Wildman–Crippen LogP) is 7.57. The monoisotopic (exact) mass is 409 g/mol. The highest BCUT2D eigenvalue weighted by Crippen LogP contribution is 2.62. The average Bonchev–Trinajstić information content (AvgIpc) is 2.67. The summed E-state index contributed by atoms with van der Waals surface area (Å²) in [6.07, 6.45) is 0.671. The summed E-state index contributed by atoms with van der Waals surface area (Å²) in [6, 6.07) is 24.0. The minimum Gasteiger partial charge on any atom is -0.271 e. The molecule has 3 aromatic rings. The summed E-state index contributed by atoms with van der Waals surface area (Å²) in [6.45, 7) is 10.5. The van der Waals surface area contributed by atoms with Crippen molar-refractivity contribution in [3.63, 3.8) is 0 Å². The number of hydrogen-bond acceptors (Lipinski definition) is 3. The predicted molar refractivity (Wildman–Crippen MR) is 122 cm³/mol. The van der Waals surface area contributed by atoms with Gasteiger partial charge in [-0.15, -0.1) is 0 Å². The third-order valence-electron chi connectivity index (χ3n) is 4.58. The zero-order valence-corrected chi connectivity index (χ0v) is 18.8. The quantitative estimate of drug-likeness (QED) is 0.359. The second kappa shape index (κ2) is 9.33. The SMILES string of the molecule is Cc1ccccc1O[P+](CC(C)C)(Oc1ccccc1C)Oc1ccccc1C. The molecule has 0 spiro atoms. The molecule has 4 heteroatoms. The van der Waals surface area contributed by atoms with Gasteiger partial charge in [0.25, 0.3) is 0 Å². The van der Waals surface area contributed by atoms with Crippen LogP contribution in [0, 0.1) is 26.7 Å². The molecule has 0 saturated carbocycles. The lowest BCUT2D eigenvalue weighted by Gasteiger charge is -2.26. The van der Waals surface area contributed by atoms with Crippen LogP contribution in [-0.4, -0.2) is 6.16 Å². The van der Waals surface area contributed by atoms with Crippen molar-refractivity contribution in [1.82, 2.24) is 0 Å². The molecule has 0 aromatic heterocycles. The van der Waals surface area contributed by atoms with Crippen molar-refractivity contribution >= 4 is 7.94 Å². The lowest BCUT2D eigenvalue weighted by Crippen LogP contribution is -2.22. The maximum absolute atomic E-state index is 6.63. The van der Waals surface area contributed by atoms with Crippen molar-refractivity contribution in [1.29, 1.82) is 0 Å². The van der Waals surface area contributed by atoms with Gasteiger partial charge in [0, 0.05) is 0 Å². The van der Waals surface area contributed by atoms with Crippen LogP contribution in [0.25, 0.3) is 0 Å². The van der Waals surface area contributed by atoms with Gasteiger partial charge in [0.2, 0.25) is 0 Å². The summed E-state index contributed by atoms with van der Waals surface area (Å²) in [7, 11) is -2.80. The molecule has 0 saturated heterocycles. The van der Waals surface area contributed by atoms with E-state index in [4.69, 9.17) is 13.6 Å². The van der Waals surface area contributed by atoms with Gasteiger partial charge in [0.1, 0.15) is 0 Å². The number of para-hydroxylation sites is 3. The van der Waals surface area contributed by atoms with Gasteiger partial charge in [0.15, 0.2) is 23.4 Å². The molecule has 0 aliphatic heterocycles. The minimum absolute atomic E-state index is 0.334. The summed E-state index contributed by atoms with van der Waals surface area (Å²) < 4.78 is 19.9. The van der Waals surface area contributed by atoms with Crippen molar-refractivity contribution in [2.75, 3.05) is 6.16 Å². The summed E-state index contributed by atoms with van der Waals surface area (Å²) in [5, 5.41) is 0. The van der Waals surface area contributed by atoms with Gasteiger partial charge in [-0.05, 0) is 61.6 Å². The largest absolute Gasteiger partial charge is 0.541 e. The van der Waals surface area contributed by atoms with Crippen molar-refractivity contribution in [2.24, 2.45) is 5.92 Å². The summed E-state index contributed by atoms with van der Waals surface area (Å²) in [5.41, 5.74) is 3.17. The van der Waals surface area contributed by atoms with Crippen LogP contribution in [0.1, 0.15) is 30.5 Å². The van der Waals surface area contributed by atoms with Crippen LogP contribution in [0.15, 0.2) is 72.8 Å². The van der Waals surface area contributed by atoms with Crippen LogP contribution >= 0.6 is 7.94 Å². The van der Waals surface area contributed by atoms with E-state index in [9.17, 15) is 0 Å². The van der Waals surface area contributed by atoms with Gasteiger partial charge in [-0.3, -0.25) is 13.6 Å². The van der Waals surface area contributed by atoms with Gasteiger partial charge in [-0.1, -0.05) is 68.4 Å². The molecule has 0 radical (unpaired) electrons. The molecule has 0 aliphatic rings. The van der Waals surface area contributed by atoms with Crippen LogP contribution < -0.4 is 13.6 Å². The van der Waals surface area contributed by atoms with Gasteiger partial charge >= 0.3 is 7.94 Å². The summed E-state index contributed by atoms with van der Waals surface area (Å²) >= 11 is 0. The maximum atomic E-state index is 6.63. The molecule has 3 nitrogen and oxygen atoms in total. The van der Waals surface area contributed by atoms with E-state index >= 15 is 0 Å². The van der Waals surface area contributed by atoms with Crippen molar-refractivity contribution in [3.05, 3.63) is 89.5 Å². The van der Waals surface area contributed by atoms with E-state index in [1.54, 1.807) is 0 Å². The Morgan fingerprint density at radius 2 is 0.897 bits per heavy atom. The Bertz CT molecular complexity index is 836. The smallest absolute Gasteiger partial charge is 0.271 e. The van der Waals surface area contributed by atoms with E-state index in [2.05, 4.69) is 13.8 Å². The van der Waals surface area contributed by atoms with Crippen LogP contribution in [-0.2, 0) is 0 Å². The van der Waals surface area contributed by atoms with Crippen LogP contribution in [0.3, 0.4) is 0 Å². The third kappa shape index (κ3) is 5.52. The topological polar surface area (TPSA) is 27.7 Å². The Morgan fingerprint density at radius 3 is 1.17 bits per heavy atom. The molecule has 0 aliphatic carbocycles. The minimum atomic E-state index is -2.80. The summed E-state index contributed by atoms with van der Waals surface area (Å²) in [4.78, 5) is 0. The first-order valence-electron chi connectivity index (χ1n) is 10.0. The fourth-order valence-electron chi connectivity index (χ4n) is 3.04. The second-order valence-corrected chi connectivity index (χ2v) is 9.89. The first-order valence-corrected chi connectivity index (χ1v) is 11.7. The Morgan fingerprint density at radius 1 is 0.586 bits per heavy atom. The number of aryl methyl sites for hydroxylation is 3. The van der Waals surface area contributed by atoms with Crippen LogP contribution in [0.4, 0.5) is 0 Å². The van der Waals surface area contributed by atoms with E-state index in [0.717, 1.165) is 33.9 Å². The Hall–Kier alpha value is -2.51. The van der Waals surface area contributed by atoms with Crippen molar-refractivity contribution < 1.29 is 13.6 Å². The first-order chi connectivity index (χ1) is 13.9. The van der Waals surface area contributed by atoms with Crippen molar-refractivity contribution in [3.8, 4) is 17.2 Å². The highest BCUT2D eigenvalue weighted by atomic mass is 31.2. The molecule has 29 heavy (non-hydrogen) atoms. The first kappa shape index (κ1) is 21.2. The third-order valence-corrected chi connectivity index (χ3v) is 7.18. The molecule has 0 amide bonds. The lowest BCUT2D eigenvalue weighted by molar-refractivity contribution is 0.344. The molecule has 0 bridgehead atoms. The molecule has 0 heterocycles. The number of rotatable bonds is 8. The van der Waals surface area contributed by atoms with E-state index in [0.29, 0.717) is 12.1 Å². The average molecular weight is 409 g/mol. The highest BCUT2D eigenvalue weighted by molar-refractivity contribution is 7.62. The maximum Gasteiger partial charge on any atom is 0.541 e. The number of benzene rings is 3. The molecular formula is C25H30O3P+. The molecule has 0 atom stereocenters. The lowest BCUT2D eigenvalue weighted by atomic mass is 10.2. The van der Waals surface area contributed by atoms with Gasteiger partial charge < -0.3 is 0 Å². The van der Waals surface area contributed by atoms with Gasteiger partial charge in [-0.25, -0.2) is 0 Å². The highest BCUT2D eigenvalue weighted by Gasteiger charge is 2.51. The van der Waals surface area contributed by atoms with Gasteiger partial charge in [0.05, 0.1) is 0 Å². The normalized spacial score (nSPS) is 11.4. The van der Waals surface area contributed by atoms with Crippen LogP contribution in [0.5, 0.6) is 17.2 Å². The zero-order valence-electron chi connectivity index (χ0n) is 17.9. The molecule has 3 rings (SSSR count). The van der Waals surface area contributed by atoms with E-state index in [-0.39, 0.29) is 0 Å². The summed E-state index contributed by atoms with van der Waals surface area (Å²) in [5.74, 6) is 2.72. The fraction of sp³-hybridized carbons (Fsp3) is 0.280. The second-order valence-electron chi connectivity index (χ2n) is 7.76. The molecule has 0 fully saturated rings. The molecule has 152 valence electrons. The van der Waals surface area contributed by atoms with E-state index < -0.39 is 7.94 Å². The zero-order chi connectivity index (χ0) is 20.9. The van der Waals surface area contributed by atoms with Crippen LogP contribution in [0.2, 0.25) is 0 Å².